The van der Waals surface area contributed by atoms with Crippen molar-refractivity contribution in [3.05, 3.63) is 39.3 Å². The van der Waals surface area contributed by atoms with Gasteiger partial charge in [0.25, 0.3) is 0 Å². The second kappa shape index (κ2) is 10.1. The van der Waals surface area contributed by atoms with Crippen molar-refractivity contribution in [3.63, 3.8) is 0 Å². The molecule has 1 aromatic carbocycles. The number of hydrogen-bond acceptors (Lipinski definition) is 7. The van der Waals surface area contributed by atoms with Crippen molar-refractivity contribution in [3.8, 4) is 5.75 Å². The first-order chi connectivity index (χ1) is 12.1. The predicted octanol–water partition coefficient (Wildman–Crippen LogP) is 4.38. The van der Waals surface area contributed by atoms with Crippen molar-refractivity contribution in [1.29, 1.82) is 0 Å². The van der Waals surface area contributed by atoms with E-state index in [-0.39, 0.29) is 5.97 Å². The van der Waals surface area contributed by atoms with E-state index in [1.54, 1.807) is 13.1 Å². The Bertz CT molecular complexity index is 734. The highest BCUT2D eigenvalue weighted by molar-refractivity contribution is 9.10. The number of nitrogens with zero attached hydrogens (tertiary/aromatic N) is 2. The lowest BCUT2D eigenvalue weighted by atomic mass is 10.2. The molecule has 0 unspecified atom stereocenters. The summed E-state index contributed by atoms with van der Waals surface area (Å²) in [6, 6.07) is 5.68. The summed E-state index contributed by atoms with van der Waals surface area (Å²) in [7, 11) is 0. The summed E-state index contributed by atoms with van der Waals surface area (Å²) in [6.45, 7) is 4.56. The van der Waals surface area contributed by atoms with Crippen LogP contribution in [0, 0.1) is 6.92 Å². The average molecular weight is 426 g/mol. The maximum absolute atomic E-state index is 11.3. The quantitative estimate of drug-likeness (QED) is 0.279. The van der Waals surface area contributed by atoms with E-state index in [1.807, 2.05) is 30.5 Å². The van der Waals surface area contributed by atoms with Crippen LogP contribution in [0.25, 0.3) is 0 Å². The van der Waals surface area contributed by atoms with Crippen LogP contribution in [-0.4, -0.2) is 30.4 Å². The topological polar surface area (TPSA) is 72.8 Å². The molecule has 2 aromatic rings. The molecule has 0 aliphatic carbocycles. The molecular weight excluding hydrogens is 406 g/mol. The molecule has 0 bridgehead atoms. The molecule has 1 heterocycles. The maximum atomic E-state index is 11.3. The van der Waals surface area contributed by atoms with Crippen LogP contribution in [0.4, 0.5) is 5.13 Å². The van der Waals surface area contributed by atoms with Gasteiger partial charge in [-0.25, -0.2) is 4.98 Å². The molecule has 134 valence electrons. The first-order valence-corrected chi connectivity index (χ1v) is 9.55. The molecule has 1 aromatic heterocycles. The fraction of sp³-hybridized carbons (Fsp3) is 0.353. The van der Waals surface area contributed by atoms with Gasteiger partial charge < -0.3 is 9.47 Å². The Balaban J connectivity index is 1.91. The second-order valence-corrected chi connectivity index (χ2v) is 6.88. The Morgan fingerprint density at radius 2 is 2.32 bits per heavy atom. The van der Waals surface area contributed by atoms with Crippen LogP contribution in [0.5, 0.6) is 5.75 Å². The third kappa shape index (κ3) is 6.83. The number of carbonyl (C=O) groups is 1. The Labute approximate surface area is 159 Å². The SMILES string of the molecule is CCOC(=O)CCCOc1ccc(Br)cc1C=NNc1nc(C)cs1. The number of thiazole rings is 1. The average Bonchev–Trinajstić information content (AvgIpc) is 2.99. The van der Waals surface area contributed by atoms with Gasteiger partial charge in [-0.15, -0.1) is 11.3 Å². The lowest BCUT2D eigenvalue weighted by Gasteiger charge is -2.09. The van der Waals surface area contributed by atoms with E-state index in [9.17, 15) is 4.79 Å². The highest BCUT2D eigenvalue weighted by Crippen LogP contribution is 2.22. The molecule has 0 aliphatic rings. The molecule has 25 heavy (non-hydrogen) atoms. The van der Waals surface area contributed by atoms with Crippen LogP contribution in [-0.2, 0) is 9.53 Å². The van der Waals surface area contributed by atoms with E-state index in [2.05, 4.69) is 31.4 Å². The summed E-state index contributed by atoms with van der Waals surface area (Å²) in [5.41, 5.74) is 4.68. The number of nitrogens with one attached hydrogen (secondary N) is 1. The smallest absolute Gasteiger partial charge is 0.305 e. The van der Waals surface area contributed by atoms with Crippen LogP contribution < -0.4 is 10.2 Å². The minimum atomic E-state index is -0.202. The van der Waals surface area contributed by atoms with E-state index >= 15 is 0 Å². The number of hydrazone groups is 1. The van der Waals surface area contributed by atoms with Gasteiger partial charge in [0.1, 0.15) is 5.75 Å². The zero-order valence-electron chi connectivity index (χ0n) is 14.1. The molecule has 0 spiro atoms. The first kappa shape index (κ1) is 19.4. The summed E-state index contributed by atoms with van der Waals surface area (Å²) < 4.78 is 11.6. The Kier molecular flexibility index (Phi) is 7.87. The van der Waals surface area contributed by atoms with Crippen LogP contribution in [0.3, 0.4) is 0 Å². The van der Waals surface area contributed by atoms with Crippen molar-refractivity contribution >= 4 is 44.6 Å². The minimum Gasteiger partial charge on any atom is -0.493 e. The molecule has 0 fully saturated rings. The van der Waals surface area contributed by atoms with Crippen LogP contribution in [0.2, 0.25) is 0 Å². The molecule has 8 heteroatoms. The number of aryl methyl sites for hydroxylation is 1. The molecule has 0 saturated heterocycles. The second-order valence-electron chi connectivity index (χ2n) is 5.10. The van der Waals surface area contributed by atoms with E-state index in [4.69, 9.17) is 9.47 Å². The van der Waals surface area contributed by atoms with Crippen molar-refractivity contribution < 1.29 is 14.3 Å². The van der Waals surface area contributed by atoms with Crippen molar-refractivity contribution in [2.45, 2.75) is 26.7 Å². The number of halogens is 1. The molecule has 6 nitrogen and oxygen atoms in total. The van der Waals surface area contributed by atoms with Crippen LogP contribution >= 0.6 is 27.3 Å². The fourth-order valence-electron chi connectivity index (χ4n) is 1.95. The number of hydrogen-bond donors (Lipinski definition) is 1. The number of anilines is 1. The maximum Gasteiger partial charge on any atom is 0.305 e. The highest BCUT2D eigenvalue weighted by atomic mass is 79.9. The molecular formula is C17H20BrN3O3S. The standard InChI is InChI=1S/C17H20BrN3O3S/c1-3-23-16(22)5-4-8-24-15-7-6-14(18)9-13(15)10-19-21-17-20-12(2)11-25-17/h6-7,9-11H,3-5,8H2,1-2H3,(H,20,21). The monoisotopic (exact) mass is 425 g/mol. The van der Waals surface area contributed by atoms with Crippen molar-refractivity contribution in [2.24, 2.45) is 5.10 Å². The number of rotatable bonds is 9. The van der Waals surface area contributed by atoms with Crippen molar-refractivity contribution in [2.75, 3.05) is 18.6 Å². The van der Waals surface area contributed by atoms with Gasteiger partial charge in [-0.05, 0) is 38.5 Å². The van der Waals surface area contributed by atoms with Crippen LogP contribution in [0.15, 0.2) is 33.2 Å². The highest BCUT2D eigenvalue weighted by Gasteiger charge is 2.05. The summed E-state index contributed by atoms with van der Waals surface area (Å²) >= 11 is 4.94. The lowest BCUT2D eigenvalue weighted by molar-refractivity contribution is -0.143. The van der Waals surface area contributed by atoms with Gasteiger partial charge in [0.2, 0.25) is 5.13 Å². The predicted molar refractivity (Wildman–Crippen MR) is 104 cm³/mol. The van der Waals surface area contributed by atoms with Gasteiger partial charge in [0.15, 0.2) is 0 Å². The zero-order valence-corrected chi connectivity index (χ0v) is 16.5. The number of aromatic nitrogens is 1. The van der Waals surface area contributed by atoms with E-state index in [0.29, 0.717) is 31.8 Å². The summed E-state index contributed by atoms with van der Waals surface area (Å²) in [5.74, 6) is 0.500. The molecule has 0 saturated carbocycles. The van der Waals surface area contributed by atoms with Gasteiger partial charge in [0, 0.05) is 21.8 Å². The lowest BCUT2D eigenvalue weighted by Crippen LogP contribution is -2.07. The molecule has 0 aliphatic heterocycles. The fourth-order valence-corrected chi connectivity index (χ4v) is 2.96. The van der Waals surface area contributed by atoms with Gasteiger partial charge in [-0.3, -0.25) is 10.2 Å². The third-order valence-electron chi connectivity index (χ3n) is 3.04. The first-order valence-electron chi connectivity index (χ1n) is 7.87. The van der Waals surface area contributed by atoms with E-state index in [0.717, 1.165) is 20.9 Å². The number of carbonyl (C=O) groups excluding carboxylic acids is 1. The molecule has 0 radical (unpaired) electrons. The van der Waals surface area contributed by atoms with Gasteiger partial charge >= 0.3 is 5.97 Å². The van der Waals surface area contributed by atoms with E-state index < -0.39 is 0 Å². The van der Waals surface area contributed by atoms with Gasteiger partial charge in [-0.2, -0.15) is 5.10 Å². The minimum absolute atomic E-state index is 0.202. The molecule has 1 N–H and O–H groups in total. The van der Waals surface area contributed by atoms with Gasteiger partial charge in [0.05, 0.1) is 25.1 Å². The number of benzene rings is 1. The summed E-state index contributed by atoms with van der Waals surface area (Å²) in [4.78, 5) is 15.6. The molecule has 2 rings (SSSR count). The molecule has 0 amide bonds. The Morgan fingerprint density at radius 3 is 3.04 bits per heavy atom. The summed E-state index contributed by atoms with van der Waals surface area (Å²) in [6.07, 6.45) is 2.63. The normalized spacial score (nSPS) is 10.8. The Morgan fingerprint density at radius 1 is 1.48 bits per heavy atom. The largest absolute Gasteiger partial charge is 0.493 e. The van der Waals surface area contributed by atoms with Gasteiger partial charge in [-0.1, -0.05) is 15.9 Å². The molecule has 0 atom stereocenters. The third-order valence-corrected chi connectivity index (χ3v) is 4.40. The summed E-state index contributed by atoms with van der Waals surface area (Å²) in [5, 5.41) is 6.90. The Hall–Kier alpha value is -1.93. The number of esters is 1. The van der Waals surface area contributed by atoms with Crippen molar-refractivity contribution in [1.82, 2.24) is 4.98 Å². The zero-order chi connectivity index (χ0) is 18.1. The number of ether oxygens (including phenoxy) is 2. The van der Waals surface area contributed by atoms with E-state index in [1.165, 1.54) is 11.3 Å². The van der Waals surface area contributed by atoms with Crippen LogP contribution in [0.1, 0.15) is 31.0 Å².